The molecule has 0 heterocycles. The summed E-state index contributed by atoms with van der Waals surface area (Å²) < 4.78 is 26.3. The molecule has 0 bridgehead atoms. The quantitative estimate of drug-likeness (QED) is 0.436. The zero-order valence-corrected chi connectivity index (χ0v) is 19.2. The smallest absolute Gasteiger partial charge is 0.232 e. The van der Waals surface area contributed by atoms with Crippen LogP contribution in [0.25, 0.3) is 0 Å². The van der Waals surface area contributed by atoms with E-state index in [4.69, 9.17) is 0 Å². The molecule has 0 spiro atoms. The predicted molar refractivity (Wildman–Crippen MR) is 125 cm³/mol. The van der Waals surface area contributed by atoms with Crippen LogP contribution in [0, 0.1) is 0 Å². The molecule has 0 amide bonds. The number of benzene rings is 2. The summed E-state index contributed by atoms with van der Waals surface area (Å²) in [5, 5.41) is 0. The third-order valence-corrected chi connectivity index (χ3v) is 6.32. The molecule has 6 heteroatoms. The van der Waals surface area contributed by atoms with Crippen LogP contribution < -0.4 is 4.31 Å². The van der Waals surface area contributed by atoms with Crippen molar-refractivity contribution in [2.24, 2.45) is 0 Å². The molecule has 0 aromatic heterocycles. The summed E-state index contributed by atoms with van der Waals surface area (Å²) in [5.74, 6) is -0.0710. The molecule has 0 unspecified atom stereocenters. The van der Waals surface area contributed by atoms with Crippen molar-refractivity contribution >= 4 is 21.5 Å². The van der Waals surface area contributed by atoms with Crippen molar-refractivity contribution in [1.29, 1.82) is 0 Å². The van der Waals surface area contributed by atoms with Gasteiger partial charge in [0.2, 0.25) is 10.0 Å². The number of nitrogens with zero attached hydrogens (tertiary/aromatic N) is 2. The van der Waals surface area contributed by atoms with Crippen LogP contribution in [0.1, 0.15) is 55.5 Å². The molecule has 2 aromatic rings. The maximum Gasteiger partial charge on any atom is 0.232 e. The van der Waals surface area contributed by atoms with Crippen molar-refractivity contribution in [1.82, 2.24) is 4.90 Å². The highest BCUT2D eigenvalue weighted by molar-refractivity contribution is 7.92. The van der Waals surface area contributed by atoms with Crippen molar-refractivity contribution in [2.45, 2.75) is 39.5 Å². The molecule has 0 aliphatic carbocycles. The fourth-order valence-electron chi connectivity index (χ4n) is 3.35. The van der Waals surface area contributed by atoms with E-state index >= 15 is 0 Å². The van der Waals surface area contributed by atoms with Gasteiger partial charge in [0.15, 0.2) is 5.78 Å². The summed E-state index contributed by atoms with van der Waals surface area (Å²) in [6, 6.07) is 15.9. The van der Waals surface area contributed by atoms with E-state index in [0.29, 0.717) is 29.9 Å². The average molecular weight is 431 g/mol. The van der Waals surface area contributed by atoms with Gasteiger partial charge in [0.1, 0.15) is 0 Å². The topological polar surface area (TPSA) is 57.7 Å². The van der Waals surface area contributed by atoms with Gasteiger partial charge in [0.05, 0.1) is 11.9 Å². The van der Waals surface area contributed by atoms with Crippen LogP contribution in [0.5, 0.6) is 0 Å². The minimum Gasteiger partial charge on any atom is -0.302 e. The molecule has 164 valence electrons. The molecular formula is C24H34N2O3S. The molecule has 0 aliphatic heterocycles. The fraction of sp³-hybridized carbons (Fsp3) is 0.458. The van der Waals surface area contributed by atoms with Crippen LogP contribution >= 0.6 is 0 Å². The van der Waals surface area contributed by atoms with Gasteiger partial charge >= 0.3 is 0 Å². The van der Waals surface area contributed by atoms with E-state index in [1.54, 1.807) is 36.4 Å². The lowest BCUT2D eigenvalue weighted by atomic mass is 10.0. The summed E-state index contributed by atoms with van der Waals surface area (Å²) >= 11 is 0. The zero-order valence-electron chi connectivity index (χ0n) is 18.4. The van der Waals surface area contributed by atoms with Gasteiger partial charge in [0, 0.05) is 24.2 Å². The first kappa shape index (κ1) is 24.1. The summed E-state index contributed by atoms with van der Waals surface area (Å²) in [4.78, 5) is 14.9. The molecule has 0 saturated carbocycles. The highest BCUT2D eigenvalue weighted by Gasteiger charge is 2.19. The van der Waals surface area contributed by atoms with E-state index in [9.17, 15) is 13.2 Å². The van der Waals surface area contributed by atoms with Crippen LogP contribution in [-0.2, 0) is 10.0 Å². The van der Waals surface area contributed by atoms with Crippen molar-refractivity contribution in [3.8, 4) is 0 Å². The van der Waals surface area contributed by atoms with E-state index < -0.39 is 10.0 Å². The Balaban J connectivity index is 2.14. The van der Waals surface area contributed by atoms with Crippen LogP contribution in [-0.4, -0.2) is 51.5 Å². The molecule has 0 fully saturated rings. The molecule has 0 aliphatic rings. The summed E-state index contributed by atoms with van der Waals surface area (Å²) in [7, 11) is -3.42. The second kappa shape index (κ2) is 11.9. The normalized spacial score (nSPS) is 11.6. The SMILES string of the molecule is CCCCN(CCCC)CCN(c1ccc(C(=O)c2ccccc2)cc1)S(C)(=O)=O. The van der Waals surface area contributed by atoms with Crippen LogP contribution in [0.4, 0.5) is 5.69 Å². The predicted octanol–water partition coefficient (Wildman–Crippen LogP) is 4.59. The summed E-state index contributed by atoms with van der Waals surface area (Å²) in [6.45, 7) is 7.39. The van der Waals surface area contributed by atoms with Gasteiger partial charge in [-0.2, -0.15) is 0 Å². The molecular weight excluding hydrogens is 396 g/mol. The van der Waals surface area contributed by atoms with Crippen LogP contribution in [0.15, 0.2) is 54.6 Å². The van der Waals surface area contributed by atoms with Gasteiger partial charge in [-0.15, -0.1) is 0 Å². The Morgan fingerprint density at radius 1 is 0.767 bits per heavy atom. The number of anilines is 1. The Kier molecular flexibility index (Phi) is 9.53. The monoisotopic (exact) mass is 430 g/mol. The standard InChI is InChI=1S/C24H34N2O3S/c1-4-6-17-25(18-7-5-2)19-20-26(30(3,28)29)23-15-13-22(14-16-23)24(27)21-11-9-8-10-12-21/h8-16H,4-7,17-20H2,1-3H3. The van der Waals surface area contributed by atoms with E-state index in [-0.39, 0.29) is 5.78 Å². The maximum atomic E-state index is 12.6. The Morgan fingerprint density at radius 2 is 1.30 bits per heavy atom. The van der Waals surface area contributed by atoms with E-state index in [1.807, 2.05) is 18.2 Å². The number of sulfonamides is 1. The van der Waals surface area contributed by atoms with Gasteiger partial charge in [-0.25, -0.2) is 8.42 Å². The van der Waals surface area contributed by atoms with Crippen LogP contribution in [0.2, 0.25) is 0 Å². The lowest BCUT2D eigenvalue weighted by Crippen LogP contribution is -2.39. The van der Waals surface area contributed by atoms with E-state index in [0.717, 1.165) is 38.8 Å². The Bertz CT molecular complexity index is 872. The van der Waals surface area contributed by atoms with Gasteiger partial charge in [-0.1, -0.05) is 57.0 Å². The molecule has 0 saturated heterocycles. The fourth-order valence-corrected chi connectivity index (χ4v) is 4.27. The molecule has 2 aromatic carbocycles. The number of ketones is 1. The van der Waals surface area contributed by atoms with Gasteiger partial charge in [-0.3, -0.25) is 9.10 Å². The third-order valence-electron chi connectivity index (χ3n) is 5.13. The molecule has 0 N–H and O–H groups in total. The first-order chi connectivity index (χ1) is 14.4. The van der Waals surface area contributed by atoms with Gasteiger partial charge < -0.3 is 4.90 Å². The minimum atomic E-state index is -3.42. The molecule has 0 radical (unpaired) electrons. The molecule has 30 heavy (non-hydrogen) atoms. The van der Waals surface area contributed by atoms with Crippen molar-refractivity contribution < 1.29 is 13.2 Å². The number of carbonyl (C=O) groups is 1. The summed E-state index contributed by atoms with van der Waals surface area (Å²) in [5.41, 5.74) is 1.76. The first-order valence-corrected chi connectivity index (χ1v) is 12.6. The Morgan fingerprint density at radius 3 is 1.80 bits per heavy atom. The Labute approximate surface area is 181 Å². The zero-order chi connectivity index (χ0) is 22.0. The van der Waals surface area contributed by atoms with E-state index in [2.05, 4.69) is 18.7 Å². The second-order valence-corrected chi connectivity index (χ2v) is 9.53. The first-order valence-electron chi connectivity index (χ1n) is 10.8. The second-order valence-electron chi connectivity index (χ2n) is 7.63. The number of carbonyl (C=O) groups excluding carboxylic acids is 1. The lowest BCUT2D eigenvalue weighted by Gasteiger charge is -2.28. The average Bonchev–Trinajstić information content (AvgIpc) is 2.75. The molecule has 2 rings (SSSR count). The van der Waals surface area contributed by atoms with Crippen molar-refractivity contribution in [2.75, 3.05) is 36.7 Å². The highest BCUT2D eigenvalue weighted by atomic mass is 32.2. The molecule has 0 atom stereocenters. The van der Waals surface area contributed by atoms with Crippen molar-refractivity contribution in [3.63, 3.8) is 0 Å². The Hall–Kier alpha value is -2.18. The van der Waals surface area contributed by atoms with Gasteiger partial charge in [-0.05, 0) is 50.2 Å². The number of unbranched alkanes of at least 4 members (excludes halogenated alkanes) is 2. The maximum absolute atomic E-state index is 12.6. The lowest BCUT2D eigenvalue weighted by molar-refractivity contribution is 0.103. The largest absolute Gasteiger partial charge is 0.302 e. The van der Waals surface area contributed by atoms with Crippen LogP contribution in [0.3, 0.4) is 0 Å². The number of hydrogen-bond donors (Lipinski definition) is 0. The summed E-state index contributed by atoms with van der Waals surface area (Å²) in [6.07, 6.45) is 5.70. The number of hydrogen-bond acceptors (Lipinski definition) is 4. The highest BCUT2D eigenvalue weighted by Crippen LogP contribution is 2.20. The van der Waals surface area contributed by atoms with E-state index in [1.165, 1.54) is 10.6 Å². The minimum absolute atomic E-state index is 0.0710. The molecule has 5 nitrogen and oxygen atoms in total. The number of rotatable bonds is 13. The third kappa shape index (κ3) is 7.26. The van der Waals surface area contributed by atoms with Crippen molar-refractivity contribution in [3.05, 3.63) is 65.7 Å². The van der Waals surface area contributed by atoms with Gasteiger partial charge in [0.25, 0.3) is 0 Å².